The second-order valence-corrected chi connectivity index (χ2v) is 7.23. The van der Waals surface area contributed by atoms with Gasteiger partial charge < -0.3 is 5.32 Å². The van der Waals surface area contributed by atoms with E-state index in [1.54, 1.807) is 0 Å². The first-order valence-corrected chi connectivity index (χ1v) is 8.76. The van der Waals surface area contributed by atoms with Crippen molar-refractivity contribution in [2.45, 2.75) is 25.3 Å². The standard InChI is InChI=1S/C13H16FN3O5S/c1-23(21,22)16-7-3-2-4-11(16)13(18)15-9-5-6-10(14)12(8-9)17(19)20/h5-6,8,11H,2-4,7H2,1H3,(H,15,18). The highest BCUT2D eigenvalue weighted by atomic mass is 32.2. The van der Waals surface area contributed by atoms with Crippen LogP contribution in [0.1, 0.15) is 19.3 Å². The fourth-order valence-corrected chi connectivity index (χ4v) is 3.64. The van der Waals surface area contributed by atoms with Gasteiger partial charge in [0.25, 0.3) is 0 Å². The average Bonchev–Trinajstić information content (AvgIpc) is 2.48. The lowest BCUT2D eigenvalue weighted by Crippen LogP contribution is -2.49. The zero-order valence-electron chi connectivity index (χ0n) is 12.4. The van der Waals surface area contributed by atoms with E-state index in [9.17, 15) is 27.7 Å². The van der Waals surface area contributed by atoms with E-state index in [-0.39, 0.29) is 12.2 Å². The van der Waals surface area contributed by atoms with E-state index in [0.29, 0.717) is 19.3 Å². The summed E-state index contributed by atoms with van der Waals surface area (Å²) in [4.78, 5) is 22.1. The van der Waals surface area contributed by atoms with Gasteiger partial charge in [-0.05, 0) is 25.0 Å². The van der Waals surface area contributed by atoms with Crippen molar-refractivity contribution in [3.05, 3.63) is 34.1 Å². The molecule has 1 aliphatic rings. The minimum atomic E-state index is -3.54. The van der Waals surface area contributed by atoms with E-state index in [1.807, 2.05) is 0 Å². The molecule has 0 saturated carbocycles. The Balaban J connectivity index is 2.21. The maximum Gasteiger partial charge on any atom is 0.306 e. The summed E-state index contributed by atoms with van der Waals surface area (Å²) in [6, 6.07) is 2.10. The van der Waals surface area contributed by atoms with Gasteiger partial charge in [0, 0.05) is 18.3 Å². The van der Waals surface area contributed by atoms with Gasteiger partial charge in [0.2, 0.25) is 21.7 Å². The largest absolute Gasteiger partial charge is 0.324 e. The van der Waals surface area contributed by atoms with Crippen LogP contribution in [0, 0.1) is 15.9 Å². The molecule has 1 saturated heterocycles. The number of hydrogen-bond donors (Lipinski definition) is 1. The number of anilines is 1. The SMILES string of the molecule is CS(=O)(=O)N1CCCCC1C(=O)Nc1ccc(F)c([N+](=O)[O-])c1. The molecule has 0 aliphatic carbocycles. The molecule has 1 aliphatic heterocycles. The van der Waals surface area contributed by atoms with E-state index >= 15 is 0 Å². The highest BCUT2D eigenvalue weighted by Crippen LogP contribution is 2.24. The summed E-state index contributed by atoms with van der Waals surface area (Å²) in [5, 5.41) is 13.1. The molecule has 10 heteroatoms. The molecule has 2 rings (SSSR count). The molecule has 1 heterocycles. The molecule has 1 N–H and O–H groups in total. The lowest BCUT2D eigenvalue weighted by Gasteiger charge is -2.32. The molecule has 1 atom stereocenters. The highest BCUT2D eigenvalue weighted by molar-refractivity contribution is 7.88. The van der Waals surface area contributed by atoms with Crippen molar-refractivity contribution in [1.82, 2.24) is 4.31 Å². The number of halogens is 1. The highest BCUT2D eigenvalue weighted by Gasteiger charge is 2.34. The van der Waals surface area contributed by atoms with Crippen molar-refractivity contribution in [3.8, 4) is 0 Å². The van der Waals surface area contributed by atoms with Gasteiger partial charge in [0.05, 0.1) is 11.2 Å². The van der Waals surface area contributed by atoms with Crippen LogP contribution in [0.4, 0.5) is 15.8 Å². The number of hydrogen-bond acceptors (Lipinski definition) is 5. The zero-order valence-corrected chi connectivity index (χ0v) is 13.2. The van der Waals surface area contributed by atoms with Crippen molar-refractivity contribution in [2.75, 3.05) is 18.1 Å². The maximum absolute atomic E-state index is 13.3. The molecule has 8 nitrogen and oxygen atoms in total. The van der Waals surface area contributed by atoms with Crippen LogP contribution in [-0.2, 0) is 14.8 Å². The Morgan fingerprint density at radius 1 is 1.43 bits per heavy atom. The Labute approximate surface area is 132 Å². The van der Waals surface area contributed by atoms with E-state index in [2.05, 4.69) is 5.32 Å². The molecule has 0 aromatic heterocycles. The number of nitro benzene ring substituents is 1. The number of amides is 1. The predicted octanol–water partition coefficient (Wildman–Crippen LogP) is 1.49. The average molecular weight is 345 g/mol. The van der Waals surface area contributed by atoms with Crippen molar-refractivity contribution in [1.29, 1.82) is 0 Å². The summed E-state index contributed by atoms with van der Waals surface area (Å²) >= 11 is 0. The van der Waals surface area contributed by atoms with Crippen LogP contribution < -0.4 is 5.32 Å². The van der Waals surface area contributed by atoms with Gasteiger partial charge in [-0.25, -0.2) is 8.42 Å². The fourth-order valence-electron chi connectivity index (χ4n) is 2.52. The first kappa shape index (κ1) is 17.3. The molecule has 1 amide bonds. The Bertz CT molecular complexity index is 737. The summed E-state index contributed by atoms with van der Waals surface area (Å²) in [6.45, 7) is 0.250. The van der Waals surface area contributed by atoms with Gasteiger partial charge in [-0.1, -0.05) is 6.42 Å². The number of nitrogens with zero attached hydrogens (tertiary/aromatic N) is 2. The summed E-state index contributed by atoms with van der Waals surface area (Å²) in [5.74, 6) is -1.60. The van der Waals surface area contributed by atoms with Crippen LogP contribution in [0.25, 0.3) is 0 Å². The van der Waals surface area contributed by atoms with E-state index in [0.717, 1.165) is 22.7 Å². The van der Waals surface area contributed by atoms with Crippen LogP contribution >= 0.6 is 0 Å². The van der Waals surface area contributed by atoms with E-state index in [1.165, 1.54) is 6.07 Å². The molecular weight excluding hydrogens is 329 g/mol. The Hall–Kier alpha value is -2.07. The number of benzene rings is 1. The molecular formula is C13H16FN3O5S. The zero-order chi connectivity index (χ0) is 17.2. The third-order valence-electron chi connectivity index (χ3n) is 3.59. The summed E-state index contributed by atoms with van der Waals surface area (Å²) in [7, 11) is -3.54. The van der Waals surface area contributed by atoms with Crippen LogP contribution in [0.2, 0.25) is 0 Å². The second-order valence-electron chi connectivity index (χ2n) is 5.30. The number of carbonyl (C=O) groups is 1. The van der Waals surface area contributed by atoms with Gasteiger partial charge in [0.1, 0.15) is 6.04 Å². The van der Waals surface area contributed by atoms with Crippen molar-refractivity contribution < 1.29 is 22.5 Å². The topological polar surface area (TPSA) is 110 Å². The number of sulfonamides is 1. The van der Waals surface area contributed by atoms with Crippen molar-refractivity contribution >= 4 is 27.3 Å². The number of nitro groups is 1. The Kier molecular flexibility index (Phi) is 4.95. The lowest BCUT2D eigenvalue weighted by atomic mass is 10.0. The molecule has 0 spiro atoms. The van der Waals surface area contributed by atoms with Crippen LogP contribution in [0.15, 0.2) is 18.2 Å². The monoisotopic (exact) mass is 345 g/mol. The number of piperidine rings is 1. The van der Waals surface area contributed by atoms with Crippen LogP contribution in [-0.4, -0.2) is 42.4 Å². The van der Waals surface area contributed by atoms with Crippen molar-refractivity contribution in [2.24, 2.45) is 0 Å². The van der Waals surface area contributed by atoms with Gasteiger partial charge in [-0.3, -0.25) is 14.9 Å². The molecule has 1 aromatic rings. The first-order chi connectivity index (χ1) is 10.7. The molecule has 1 fully saturated rings. The summed E-state index contributed by atoms with van der Waals surface area (Å²) < 4.78 is 37.9. The number of nitrogens with one attached hydrogen (secondary N) is 1. The first-order valence-electron chi connectivity index (χ1n) is 6.92. The number of carbonyl (C=O) groups excluding carboxylic acids is 1. The van der Waals surface area contributed by atoms with Gasteiger partial charge in [0.15, 0.2) is 0 Å². The lowest BCUT2D eigenvalue weighted by molar-refractivity contribution is -0.387. The van der Waals surface area contributed by atoms with E-state index in [4.69, 9.17) is 0 Å². The van der Waals surface area contributed by atoms with Gasteiger partial charge >= 0.3 is 5.69 Å². The molecule has 126 valence electrons. The summed E-state index contributed by atoms with van der Waals surface area (Å²) in [5.41, 5.74) is -0.714. The van der Waals surface area contributed by atoms with Gasteiger partial charge in [-0.2, -0.15) is 8.70 Å². The quantitative estimate of drug-likeness (QED) is 0.657. The minimum Gasteiger partial charge on any atom is -0.324 e. The van der Waals surface area contributed by atoms with Gasteiger partial charge in [-0.15, -0.1) is 0 Å². The normalized spacial score (nSPS) is 19.3. The van der Waals surface area contributed by atoms with Crippen LogP contribution in [0.5, 0.6) is 0 Å². The minimum absolute atomic E-state index is 0.0436. The summed E-state index contributed by atoms with van der Waals surface area (Å²) in [6.07, 6.45) is 2.76. The molecule has 0 radical (unpaired) electrons. The van der Waals surface area contributed by atoms with E-state index < -0.39 is 38.4 Å². The third-order valence-corrected chi connectivity index (χ3v) is 4.88. The Morgan fingerprint density at radius 3 is 2.74 bits per heavy atom. The second kappa shape index (κ2) is 6.59. The van der Waals surface area contributed by atoms with Crippen LogP contribution in [0.3, 0.4) is 0 Å². The Morgan fingerprint density at radius 2 is 2.13 bits per heavy atom. The van der Waals surface area contributed by atoms with Crippen molar-refractivity contribution in [3.63, 3.8) is 0 Å². The molecule has 1 unspecified atom stereocenters. The molecule has 0 bridgehead atoms. The smallest absolute Gasteiger partial charge is 0.306 e. The molecule has 1 aromatic carbocycles. The third kappa shape index (κ3) is 4.02. The molecule has 23 heavy (non-hydrogen) atoms. The predicted molar refractivity (Wildman–Crippen MR) is 80.9 cm³/mol. The number of rotatable bonds is 4. The fraction of sp³-hybridized carbons (Fsp3) is 0.462. The maximum atomic E-state index is 13.3.